The summed E-state index contributed by atoms with van der Waals surface area (Å²) in [7, 11) is 0. The number of hydrogen-bond donors (Lipinski definition) is 1. The highest BCUT2D eigenvalue weighted by atomic mass is 15.0. The Balaban J connectivity index is 2.05. The first-order valence-corrected chi connectivity index (χ1v) is 4.37. The molecule has 2 aliphatic rings. The molecule has 2 rings (SSSR count). The Morgan fingerprint density at radius 1 is 1.20 bits per heavy atom. The summed E-state index contributed by atoms with van der Waals surface area (Å²) in [6.45, 7) is 5.92. The average molecular weight is 139 g/mol. The van der Waals surface area contributed by atoms with Crippen LogP contribution in [0, 0.1) is 5.41 Å². The zero-order valence-electron chi connectivity index (χ0n) is 7.04. The van der Waals surface area contributed by atoms with E-state index in [0.717, 1.165) is 5.41 Å². The van der Waals surface area contributed by atoms with Gasteiger partial charge in [-0.1, -0.05) is 6.42 Å². The molecule has 0 atom stereocenters. The Kier molecular flexibility index (Phi) is 1.17. The number of hydrogen-bond acceptors (Lipinski definition) is 1. The van der Waals surface area contributed by atoms with Crippen LogP contribution in [0.5, 0.6) is 0 Å². The van der Waals surface area contributed by atoms with Gasteiger partial charge in [-0.2, -0.15) is 0 Å². The van der Waals surface area contributed by atoms with Crippen LogP contribution in [0.4, 0.5) is 0 Å². The molecule has 1 aliphatic carbocycles. The van der Waals surface area contributed by atoms with Gasteiger partial charge < -0.3 is 5.32 Å². The summed E-state index contributed by atoms with van der Waals surface area (Å²) in [5.41, 5.74) is 1.17. The van der Waals surface area contributed by atoms with Crippen LogP contribution in [0.15, 0.2) is 0 Å². The lowest BCUT2D eigenvalue weighted by molar-refractivity contribution is 0.152. The van der Waals surface area contributed by atoms with Gasteiger partial charge in [-0.25, -0.2) is 0 Å². The second-order valence-corrected chi connectivity index (χ2v) is 4.77. The van der Waals surface area contributed by atoms with Crippen molar-refractivity contribution in [1.82, 2.24) is 5.32 Å². The molecule has 58 valence electrons. The van der Waals surface area contributed by atoms with Crippen molar-refractivity contribution in [3.63, 3.8) is 0 Å². The molecule has 2 fully saturated rings. The van der Waals surface area contributed by atoms with Crippen molar-refractivity contribution in [3.8, 4) is 0 Å². The molecule has 0 bridgehead atoms. The van der Waals surface area contributed by atoms with Gasteiger partial charge in [0.2, 0.25) is 0 Å². The molecular formula is C9H17N. The molecule has 0 unspecified atom stereocenters. The van der Waals surface area contributed by atoms with E-state index in [4.69, 9.17) is 0 Å². The van der Waals surface area contributed by atoms with Gasteiger partial charge in [0, 0.05) is 12.1 Å². The van der Waals surface area contributed by atoms with Crippen molar-refractivity contribution < 1.29 is 0 Å². The van der Waals surface area contributed by atoms with Crippen molar-refractivity contribution in [2.45, 2.75) is 45.1 Å². The molecule has 0 aromatic rings. The molecule has 1 heterocycles. The summed E-state index contributed by atoms with van der Waals surface area (Å²) < 4.78 is 0. The fourth-order valence-corrected chi connectivity index (χ4v) is 2.52. The molecule has 1 saturated carbocycles. The zero-order chi connectivity index (χ0) is 7.24. The van der Waals surface area contributed by atoms with Crippen LogP contribution in [0.2, 0.25) is 0 Å². The van der Waals surface area contributed by atoms with Gasteiger partial charge in [-0.05, 0) is 38.5 Å². The smallest absolute Gasteiger partial charge is 0.0131 e. The minimum Gasteiger partial charge on any atom is -0.311 e. The van der Waals surface area contributed by atoms with Crippen LogP contribution in [-0.2, 0) is 0 Å². The van der Waals surface area contributed by atoms with E-state index in [-0.39, 0.29) is 0 Å². The molecule has 0 aromatic carbocycles. The molecular weight excluding hydrogens is 122 g/mol. The van der Waals surface area contributed by atoms with Crippen molar-refractivity contribution in [2.24, 2.45) is 5.41 Å². The fraction of sp³-hybridized carbons (Fsp3) is 1.00. The van der Waals surface area contributed by atoms with Crippen molar-refractivity contribution >= 4 is 0 Å². The zero-order valence-corrected chi connectivity index (χ0v) is 7.04. The average Bonchev–Trinajstić information content (AvgIpc) is 2.04. The van der Waals surface area contributed by atoms with Gasteiger partial charge in [0.15, 0.2) is 0 Å². The topological polar surface area (TPSA) is 12.0 Å². The van der Waals surface area contributed by atoms with E-state index in [0.29, 0.717) is 5.54 Å². The first-order valence-electron chi connectivity index (χ1n) is 4.37. The molecule has 0 radical (unpaired) electrons. The molecule has 10 heavy (non-hydrogen) atoms. The predicted molar refractivity (Wildman–Crippen MR) is 43.0 cm³/mol. The summed E-state index contributed by atoms with van der Waals surface area (Å²) in [5.74, 6) is 0. The summed E-state index contributed by atoms with van der Waals surface area (Å²) in [6.07, 6.45) is 5.82. The van der Waals surface area contributed by atoms with Gasteiger partial charge in [-0.15, -0.1) is 0 Å². The Morgan fingerprint density at radius 3 is 2.10 bits per heavy atom. The molecule has 1 nitrogen and oxygen atoms in total. The summed E-state index contributed by atoms with van der Waals surface area (Å²) >= 11 is 0. The number of rotatable bonds is 0. The lowest BCUT2D eigenvalue weighted by Crippen LogP contribution is -2.31. The van der Waals surface area contributed by atoms with Crippen LogP contribution < -0.4 is 5.32 Å². The molecule has 0 amide bonds. The maximum Gasteiger partial charge on any atom is 0.0131 e. The molecule has 1 aliphatic heterocycles. The summed E-state index contributed by atoms with van der Waals surface area (Å²) in [6, 6.07) is 0. The van der Waals surface area contributed by atoms with E-state index in [1.165, 1.54) is 32.2 Å². The Morgan fingerprint density at radius 2 is 1.90 bits per heavy atom. The van der Waals surface area contributed by atoms with Gasteiger partial charge in [0.25, 0.3) is 0 Å². The lowest BCUT2D eigenvalue weighted by Gasteiger charge is -2.38. The van der Waals surface area contributed by atoms with E-state index in [1.54, 1.807) is 0 Å². The van der Waals surface area contributed by atoms with E-state index >= 15 is 0 Å². The molecule has 1 heteroatoms. The van der Waals surface area contributed by atoms with Crippen molar-refractivity contribution in [1.29, 1.82) is 0 Å². The quantitative estimate of drug-likeness (QED) is 0.540. The minimum atomic E-state index is 0.431. The van der Waals surface area contributed by atoms with Crippen molar-refractivity contribution in [3.05, 3.63) is 0 Å². The fourth-order valence-electron chi connectivity index (χ4n) is 2.52. The van der Waals surface area contributed by atoms with E-state index in [2.05, 4.69) is 19.2 Å². The Bertz CT molecular complexity index is 145. The van der Waals surface area contributed by atoms with E-state index in [1.807, 2.05) is 0 Å². The third-order valence-electron chi connectivity index (χ3n) is 3.17. The first-order chi connectivity index (χ1) is 4.62. The van der Waals surface area contributed by atoms with Gasteiger partial charge in [0.05, 0.1) is 0 Å². The largest absolute Gasteiger partial charge is 0.311 e. The maximum absolute atomic E-state index is 3.59. The minimum absolute atomic E-state index is 0.431. The highest BCUT2D eigenvalue weighted by Crippen LogP contribution is 2.49. The predicted octanol–water partition coefficient (Wildman–Crippen LogP) is 1.93. The summed E-state index contributed by atoms with van der Waals surface area (Å²) in [5, 5.41) is 3.59. The number of nitrogens with one attached hydrogen (secondary N) is 1. The third kappa shape index (κ3) is 0.878. The van der Waals surface area contributed by atoms with Gasteiger partial charge in [0.1, 0.15) is 0 Å². The molecule has 1 N–H and O–H groups in total. The van der Waals surface area contributed by atoms with Crippen LogP contribution in [0.1, 0.15) is 39.5 Å². The Labute approximate surface area is 63.2 Å². The SMILES string of the molecule is CC1(C)CC2(CCC2)CN1. The monoisotopic (exact) mass is 139 g/mol. The normalized spacial score (nSPS) is 34.2. The molecule has 0 aromatic heterocycles. The van der Waals surface area contributed by atoms with Crippen LogP contribution in [0.3, 0.4) is 0 Å². The highest BCUT2D eigenvalue weighted by Gasteiger charge is 2.46. The second kappa shape index (κ2) is 1.76. The second-order valence-electron chi connectivity index (χ2n) is 4.77. The first kappa shape index (κ1) is 6.66. The lowest BCUT2D eigenvalue weighted by atomic mass is 9.66. The van der Waals surface area contributed by atoms with Crippen LogP contribution >= 0.6 is 0 Å². The standard InChI is InChI=1S/C9H17N/c1-8(2)6-9(7-10-8)4-3-5-9/h10H,3-7H2,1-2H3. The van der Waals surface area contributed by atoms with Crippen molar-refractivity contribution in [2.75, 3.05) is 6.54 Å². The van der Waals surface area contributed by atoms with Gasteiger partial charge in [-0.3, -0.25) is 0 Å². The third-order valence-corrected chi connectivity index (χ3v) is 3.17. The Hall–Kier alpha value is -0.0400. The van der Waals surface area contributed by atoms with Crippen LogP contribution in [0.25, 0.3) is 0 Å². The molecule has 1 spiro atoms. The molecule has 1 saturated heterocycles. The maximum atomic E-state index is 3.59. The summed E-state index contributed by atoms with van der Waals surface area (Å²) in [4.78, 5) is 0. The van der Waals surface area contributed by atoms with Crippen LogP contribution in [-0.4, -0.2) is 12.1 Å². The van der Waals surface area contributed by atoms with E-state index < -0.39 is 0 Å². The van der Waals surface area contributed by atoms with E-state index in [9.17, 15) is 0 Å². The highest BCUT2D eigenvalue weighted by molar-refractivity contribution is 5.02. The van der Waals surface area contributed by atoms with Gasteiger partial charge >= 0.3 is 0 Å².